The van der Waals surface area contributed by atoms with Gasteiger partial charge in [0, 0.05) is 5.02 Å². The van der Waals surface area contributed by atoms with Crippen LogP contribution < -0.4 is 10.1 Å². The SMILES string of the molecule is CC(C)Oc1ccccc1NC(=O)Cc1cccc(Cl)c1. The molecule has 0 radical (unpaired) electrons. The van der Waals surface area contributed by atoms with Crippen LogP contribution in [0.2, 0.25) is 5.02 Å². The van der Waals surface area contributed by atoms with Gasteiger partial charge in [-0.2, -0.15) is 0 Å². The minimum absolute atomic E-state index is 0.0518. The first-order valence-corrected chi connectivity index (χ1v) is 7.22. The monoisotopic (exact) mass is 303 g/mol. The number of anilines is 1. The van der Waals surface area contributed by atoms with Crippen LogP contribution in [0.3, 0.4) is 0 Å². The van der Waals surface area contributed by atoms with E-state index in [2.05, 4.69) is 5.32 Å². The minimum Gasteiger partial charge on any atom is -0.489 e. The Morgan fingerprint density at radius 3 is 2.67 bits per heavy atom. The van der Waals surface area contributed by atoms with E-state index < -0.39 is 0 Å². The van der Waals surface area contributed by atoms with Gasteiger partial charge in [0.15, 0.2) is 0 Å². The Balaban J connectivity index is 2.06. The van der Waals surface area contributed by atoms with Gasteiger partial charge in [-0.15, -0.1) is 0 Å². The highest BCUT2D eigenvalue weighted by Gasteiger charge is 2.09. The normalized spacial score (nSPS) is 10.5. The summed E-state index contributed by atoms with van der Waals surface area (Å²) in [5.74, 6) is 0.573. The molecule has 1 N–H and O–H groups in total. The molecule has 2 rings (SSSR count). The minimum atomic E-state index is -0.0999. The van der Waals surface area contributed by atoms with E-state index in [1.54, 1.807) is 12.1 Å². The zero-order valence-electron chi connectivity index (χ0n) is 12.1. The smallest absolute Gasteiger partial charge is 0.228 e. The van der Waals surface area contributed by atoms with Crippen LogP contribution in [0.1, 0.15) is 19.4 Å². The van der Waals surface area contributed by atoms with E-state index in [1.165, 1.54) is 0 Å². The molecule has 0 unspecified atom stereocenters. The second kappa shape index (κ2) is 7.14. The Kier molecular flexibility index (Phi) is 5.23. The molecule has 1 amide bonds. The van der Waals surface area contributed by atoms with Crippen LogP contribution in [0.5, 0.6) is 5.75 Å². The molecule has 2 aromatic rings. The third-order valence-electron chi connectivity index (χ3n) is 2.78. The third-order valence-corrected chi connectivity index (χ3v) is 3.01. The second-order valence-corrected chi connectivity index (χ2v) is 5.45. The fourth-order valence-corrected chi connectivity index (χ4v) is 2.17. The van der Waals surface area contributed by atoms with E-state index in [4.69, 9.17) is 16.3 Å². The summed E-state index contributed by atoms with van der Waals surface area (Å²) < 4.78 is 5.68. The Bertz CT molecular complexity index is 626. The lowest BCUT2D eigenvalue weighted by Crippen LogP contribution is -2.16. The second-order valence-electron chi connectivity index (χ2n) is 5.02. The molecule has 0 saturated carbocycles. The van der Waals surface area contributed by atoms with Crippen molar-refractivity contribution in [2.45, 2.75) is 26.4 Å². The van der Waals surface area contributed by atoms with Gasteiger partial charge in [0.25, 0.3) is 0 Å². The van der Waals surface area contributed by atoms with Crippen LogP contribution in [0.25, 0.3) is 0 Å². The lowest BCUT2D eigenvalue weighted by molar-refractivity contribution is -0.115. The summed E-state index contributed by atoms with van der Waals surface area (Å²) in [5.41, 5.74) is 1.56. The molecule has 0 fully saturated rings. The van der Waals surface area contributed by atoms with Gasteiger partial charge in [0.05, 0.1) is 18.2 Å². The predicted molar refractivity (Wildman–Crippen MR) is 86.0 cm³/mol. The first kappa shape index (κ1) is 15.4. The van der Waals surface area contributed by atoms with Crippen LogP contribution >= 0.6 is 11.6 Å². The van der Waals surface area contributed by atoms with Crippen molar-refractivity contribution in [2.24, 2.45) is 0 Å². The Hall–Kier alpha value is -2.00. The fourth-order valence-electron chi connectivity index (χ4n) is 1.95. The molecule has 0 heterocycles. The standard InChI is InChI=1S/C17H18ClNO2/c1-12(2)21-16-9-4-3-8-15(16)19-17(20)11-13-6-5-7-14(18)10-13/h3-10,12H,11H2,1-2H3,(H,19,20). The van der Waals surface area contributed by atoms with Gasteiger partial charge >= 0.3 is 0 Å². The number of benzene rings is 2. The number of carbonyl (C=O) groups is 1. The van der Waals surface area contributed by atoms with Crippen molar-refractivity contribution in [2.75, 3.05) is 5.32 Å². The molecule has 0 aliphatic rings. The van der Waals surface area contributed by atoms with E-state index >= 15 is 0 Å². The first-order chi connectivity index (χ1) is 10.0. The van der Waals surface area contributed by atoms with Crippen molar-refractivity contribution in [1.82, 2.24) is 0 Å². The van der Waals surface area contributed by atoms with Crippen LogP contribution in [0, 0.1) is 0 Å². The summed E-state index contributed by atoms with van der Waals surface area (Å²) in [5, 5.41) is 3.51. The molecule has 4 heteroatoms. The highest BCUT2D eigenvalue weighted by Crippen LogP contribution is 2.25. The highest BCUT2D eigenvalue weighted by atomic mass is 35.5. The molecular formula is C17H18ClNO2. The Morgan fingerprint density at radius 1 is 1.19 bits per heavy atom. The zero-order chi connectivity index (χ0) is 15.2. The molecule has 21 heavy (non-hydrogen) atoms. The maximum absolute atomic E-state index is 12.1. The third kappa shape index (κ3) is 4.80. The number of ether oxygens (including phenoxy) is 1. The van der Waals surface area contributed by atoms with Crippen molar-refractivity contribution in [3.63, 3.8) is 0 Å². The first-order valence-electron chi connectivity index (χ1n) is 6.84. The number of rotatable bonds is 5. The highest BCUT2D eigenvalue weighted by molar-refractivity contribution is 6.30. The average molecular weight is 304 g/mol. The number of amides is 1. The number of hydrogen-bond donors (Lipinski definition) is 1. The molecular weight excluding hydrogens is 286 g/mol. The quantitative estimate of drug-likeness (QED) is 0.894. The zero-order valence-corrected chi connectivity index (χ0v) is 12.9. The topological polar surface area (TPSA) is 38.3 Å². The number of hydrogen-bond acceptors (Lipinski definition) is 2. The van der Waals surface area contributed by atoms with Crippen LogP contribution in [0.15, 0.2) is 48.5 Å². The van der Waals surface area contributed by atoms with Crippen molar-refractivity contribution < 1.29 is 9.53 Å². The van der Waals surface area contributed by atoms with Crippen LogP contribution in [0.4, 0.5) is 5.69 Å². The van der Waals surface area contributed by atoms with E-state index in [1.807, 2.05) is 50.2 Å². The lowest BCUT2D eigenvalue weighted by atomic mass is 10.1. The van der Waals surface area contributed by atoms with E-state index in [0.29, 0.717) is 16.5 Å². The van der Waals surface area contributed by atoms with Gasteiger partial charge in [-0.25, -0.2) is 0 Å². The van der Waals surface area contributed by atoms with Crippen molar-refractivity contribution in [1.29, 1.82) is 0 Å². The van der Waals surface area contributed by atoms with Crippen molar-refractivity contribution in [3.05, 3.63) is 59.1 Å². The van der Waals surface area contributed by atoms with Crippen LogP contribution in [-0.4, -0.2) is 12.0 Å². The lowest BCUT2D eigenvalue weighted by Gasteiger charge is -2.14. The summed E-state index contributed by atoms with van der Waals surface area (Å²) in [6.45, 7) is 3.90. The maximum atomic E-state index is 12.1. The number of nitrogens with one attached hydrogen (secondary N) is 1. The fraction of sp³-hybridized carbons (Fsp3) is 0.235. The van der Waals surface area contributed by atoms with Gasteiger partial charge in [0.1, 0.15) is 5.75 Å². The Labute approximate surface area is 129 Å². The van der Waals surface area contributed by atoms with Gasteiger partial charge < -0.3 is 10.1 Å². The summed E-state index contributed by atoms with van der Waals surface area (Å²) in [7, 11) is 0. The Morgan fingerprint density at radius 2 is 1.95 bits per heavy atom. The molecule has 0 bridgehead atoms. The predicted octanol–water partition coefficient (Wildman–Crippen LogP) is 4.31. The van der Waals surface area contributed by atoms with E-state index in [0.717, 1.165) is 5.56 Å². The summed E-state index contributed by atoms with van der Waals surface area (Å²) in [6.07, 6.45) is 0.326. The average Bonchev–Trinajstić information content (AvgIpc) is 2.40. The van der Waals surface area contributed by atoms with Crippen molar-refractivity contribution in [3.8, 4) is 5.75 Å². The molecule has 0 spiro atoms. The van der Waals surface area contributed by atoms with Gasteiger partial charge in [0.2, 0.25) is 5.91 Å². The molecule has 0 saturated heterocycles. The van der Waals surface area contributed by atoms with Gasteiger partial charge in [-0.05, 0) is 43.7 Å². The largest absolute Gasteiger partial charge is 0.489 e. The van der Waals surface area contributed by atoms with E-state index in [-0.39, 0.29) is 18.4 Å². The molecule has 0 atom stereocenters. The van der Waals surface area contributed by atoms with Gasteiger partial charge in [-0.3, -0.25) is 4.79 Å². The molecule has 0 aliphatic heterocycles. The number of carbonyl (C=O) groups excluding carboxylic acids is 1. The summed E-state index contributed by atoms with van der Waals surface area (Å²) in [6, 6.07) is 14.7. The molecule has 3 nitrogen and oxygen atoms in total. The summed E-state index contributed by atoms with van der Waals surface area (Å²) >= 11 is 5.92. The van der Waals surface area contributed by atoms with E-state index in [9.17, 15) is 4.79 Å². The molecule has 110 valence electrons. The molecule has 2 aromatic carbocycles. The van der Waals surface area contributed by atoms with Crippen molar-refractivity contribution >= 4 is 23.2 Å². The molecule has 0 aromatic heterocycles. The molecule has 0 aliphatic carbocycles. The maximum Gasteiger partial charge on any atom is 0.228 e. The number of para-hydroxylation sites is 2. The van der Waals surface area contributed by atoms with Gasteiger partial charge in [-0.1, -0.05) is 35.9 Å². The number of halogens is 1. The van der Waals surface area contributed by atoms with Crippen LogP contribution in [-0.2, 0) is 11.2 Å². The summed E-state index contributed by atoms with van der Waals surface area (Å²) in [4.78, 5) is 12.1.